The van der Waals surface area contributed by atoms with E-state index in [9.17, 15) is 9.59 Å². The van der Waals surface area contributed by atoms with Crippen molar-refractivity contribution >= 4 is 23.5 Å². The lowest BCUT2D eigenvalue weighted by Gasteiger charge is -2.22. The number of benzene rings is 2. The third kappa shape index (κ3) is 6.47. The zero-order valence-electron chi connectivity index (χ0n) is 14.0. The number of esters is 1. The normalized spacial score (nSPS) is 10.2. The highest BCUT2D eigenvalue weighted by atomic mass is 35.5. The van der Waals surface area contributed by atoms with Gasteiger partial charge in [0, 0.05) is 18.1 Å². The first kappa shape index (κ1) is 18.8. The fraction of sp³-hybridized carbons (Fsp3) is 0.263. The minimum Gasteiger partial charge on any atom is -0.484 e. The molecule has 2 aromatic rings. The van der Waals surface area contributed by atoms with E-state index < -0.39 is 0 Å². The number of nitrogens with zero attached hydrogens (tertiary/aromatic N) is 1. The largest absolute Gasteiger partial charge is 0.484 e. The van der Waals surface area contributed by atoms with E-state index in [2.05, 4.69) is 4.74 Å². The van der Waals surface area contributed by atoms with Crippen molar-refractivity contribution in [3.63, 3.8) is 0 Å². The molecule has 5 nitrogen and oxygen atoms in total. The molecular weight excluding hydrogens is 342 g/mol. The van der Waals surface area contributed by atoms with Crippen LogP contribution in [0.25, 0.3) is 0 Å². The summed E-state index contributed by atoms with van der Waals surface area (Å²) in [5.74, 6) is 0.0517. The molecule has 2 aromatic carbocycles. The molecular formula is C19H20ClNO4. The van der Waals surface area contributed by atoms with Gasteiger partial charge in [-0.2, -0.15) is 0 Å². The predicted molar refractivity (Wildman–Crippen MR) is 95.4 cm³/mol. The standard InChI is InChI=1S/C19H20ClNO4/c1-24-19(23)11-12-21(13-15-7-9-16(20)10-8-15)18(22)14-25-17-5-3-2-4-6-17/h2-10H,11-14H2,1H3. The van der Waals surface area contributed by atoms with Gasteiger partial charge in [-0.3, -0.25) is 9.59 Å². The number of para-hydroxylation sites is 1. The first-order chi connectivity index (χ1) is 12.1. The van der Waals surface area contributed by atoms with Gasteiger partial charge in [0.1, 0.15) is 5.75 Å². The second-order valence-electron chi connectivity index (χ2n) is 5.37. The molecule has 132 valence electrons. The third-order valence-electron chi connectivity index (χ3n) is 3.56. The van der Waals surface area contributed by atoms with Crippen LogP contribution in [0.1, 0.15) is 12.0 Å². The Balaban J connectivity index is 1.99. The van der Waals surface area contributed by atoms with E-state index in [-0.39, 0.29) is 31.4 Å². The highest BCUT2D eigenvalue weighted by Crippen LogP contribution is 2.13. The Bertz CT molecular complexity index is 688. The topological polar surface area (TPSA) is 55.8 Å². The summed E-state index contributed by atoms with van der Waals surface area (Å²) in [4.78, 5) is 25.5. The second kappa shape index (κ2) is 9.69. The van der Waals surface area contributed by atoms with E-state index in [0.717, 1.165) is 5.56 Å². The van der Waals surface area contributed by atoms with E-state index in [1.165, 1.54) is 7.11 Å². The highest BCUT2D eigenvalue weighted by molar-refractivity contribution is 6.30. The molecule has 0 fully saturated rings. The van der Waals surface area contributed by atoms with Gasteiger partial charge in [-0.15, -0.1) is 0 Å². The van der Waals surface area contributed by atoms with Crippen molar-refractivity contribution in [1.29, 1.82) is 0 Å². The molecule has 0 saturated heterocycles. The molecule has 2 rings (SSSR count). The monoisotopic (exact) mass is 361 g/mol. The number of hydrogen-bond donors (Lipinski definition) is 0. The summed E-state index contributed by atoms with van der Waals surface area (Å²) in [6.07, 6.45) is 0.126. The number of hydrogen-bond acceptors (Lipinski definition) is 4. The van der Waals surface area contributed by atoms with Gasteiger partial charge in [-0.1, -0.05) is 41.9 Å². The highest BCUT2D eigenvalue weighted by Gasteiger charge is 2.16. The van der Waals surface area contributed by atoms with Gasteiger partial charge in [0.25, 0.3) is 5.91 Å². The van der Waals surface area contributed by atoms with Crippen LogP contribution in [-0.2, 0) is 20.9 Å². The van der Waals surface area contributed by atoms with Crippen LogP contribution < -0.4 is 4.74 Å². The number of carbonyl (C=O) groups is 2. The molecule has 0 atom stereocenters. The lowest BCUT2D eigenvalue weighted by Crippen LogP contribution is -2.36. The summed E-state index contributed by atoms with van der Waals surface area (Å²) >= 11 is 5.89. The van der Waals surface area contributed by atoms with Gasteiger partial charge in [-0.05, 0) is 29.8 Å². The maximum absolute atomic E-state index is 12.5. The number of ether oxygens (including phenoxy) is 2. The van der Waals surface area contributed by atoms with Crippen molar-refractivity contribution < 1.29 is 19.1 Å². The van der Waals surface area contributed by atoms with Crippen LogP contribution in [0.15, 0.2) is 54.6 Å². The van der Waals surface area contributed by atoms with Crippen LogP contribution in [0.3, 0.4) is 0 Å². The van der Waals surface area contributed by atoms with Crippen LogP contribution in [0.2, 0.25) is 5.02 Å². The molecule has 0 unspecified atom stereocenters. The second-order valence-corrected chi connectivity index (χ2v) is 5.81. The number of carbonyl (C=O) groups excluding carboxylic acids is 2. The van der Waals surface area contributed by atoms with E-state index in [4.69, 9.17) is 16.3 Å². The molecule has 0 heterocycles. The molecule has 1 amide bonds. The Morgan fingerprint density at radius 2 is 1.72 bits per heavy atom. The van der Waals surface area contributed by atoms with Crippen LogP contribution in [0.5, 0.6) is 5.75 Å². The maximum Gasteiger partial charge on any atom is 0.307 e. The van der Waals surface area contributed by atoms with Crippen molar-refractivity contribution in [2.45, 2.75) is 13.0 Å². The fourth-order valence-electron chi connectivity index (χ4n) is 2.18. The van der Waals surface area contributed by atoms with Crippen molar-refractivity contribution in [3.8, 4) is 5.75 Å². The Labute approximate surface area is 152 Å². The zero-order valence-corrected chi connectivity index (χ0v) is 14.7. The number of rotatable bonds is 8. The average molecular weight is 362 g/mol. The molecule has 0 aliphatic rings. The quantitative estimate of drug-likeness (QED) is 0.677. The van der Waals surface area contributed by atoms with E-state index >= 15 is 0 Å². The summed E-state index contributed by atoms with van der Waals surface area (Å²) in [6, 6.07) is 16.3. The van der Waals surface area contributed by atoms with E-state index in [1.54, 1.807) is 29.2 Å². The fourth-order valence-corrected chi connectivity index (χ4v) is 2.31. The van der Waals surface area contributed by atoms with Crippen LogP contribution in [0, 0.1) is 0 Å². The molecule has 0 radical (unpaired) electrons. The Morgan fingerprint density at radius 3 is 2.36 bits per heavy atom. The Kier molecular flexibility index (Phi) is 7.29. The van der Waals surface area contributed by atoms with Gasteiger partial charge >= 0.3 is 5.97 Å². The predicted octanol–water partition coefficient (Wildman–Crippen LogP) is 3.31. The molecule has 0 saturated carbocycles. The molecule has 25 heavy (non-hydrogen) atoms. The van der Waals surface area contributed by atoms with Gasteiger partial charge in [0.15, 0.2) is 6.61 Å². The minimum absolute atomic E-state index is 0.0984. The van der Waals surface area contributed by atoms with Crippen LogP contribution in [-0.4, -0.2) is 37.0 Å². The first-order valence-corrected chi connectivity index (χ1v) is 8.23. The van der Waals surface area contributed by atoms with Gasteiger partial charge in [0.2, 0.25) is 0 Å². The third-order valence-corrected chi connectivity index (χ3v) is 3.81. The summed E-state index contributed by atoms with van der Waals surface area (Å²) in [6.45, 7) is 0.524. The molecule has 0 N–H and O–H groups in total. The van der Waals surface area contributed by atoms with Gasteiger partial charge < -0.3 is 14.4 Å². The summed E-state index contributed by atoms with van der Waals surface area (Å²) in [5.41, 5.74) is 0.919. The zero-order chi connectivity index (χ0) is 18.1. The number of amides is 1. The van der Waals surface area contributed by atoms with Crippen LogP contribution >= 0.6 is 11.6 Å². The summed E-state index contributed by atoms with van der Waals surface area (Å²) in [7, 11) is 1.33. The number of methoxy groups -OCH3 is 1. The Hall–Kier alpha value is -2.53. The molecule has 0 bridgehead atoms. The van der Waals surface area contributed by atoms with Crippen molar-refractivity contribution in [3.05, 3.63) is 65.2 Å². The molecule has 6 heteroatoms. The van der Waals surface area contributed by atoms with Crippen LogP contribution in [0.4, 0.5) is 0 Å². The molecule has 0 aromatic heterocycles. The smallest absolute Gasteiger partial charge is 0.307 e. The van der Waals surface area contributed by atoms with E-state index in [1.807, 2.05) is 30.3 Å². The average Bonchev–Trinajstić information content (AvgIpc) is 2.65. The first-order valence-electron chi connectivity index (χ1n) is 7.85. The lowest BCUT2D eigenvalue weighted by atomic mass is 10.2. The number of halogens is 1. The van der Waals surface area contributed by atoms with Crippen molar-refractivity contribution in [2.24, 2.45) is 0 Å². The van der Waals surface area contributed by atoms with E-state index in [0.29, 0.717) is 17.3 Å². The molecule has 0 aliphatic carbocycles. The SMILES string of the molecule is COC(=O)CCN(Cc1ccc(Cl)cc1)C(=O)COc1ccccc1. The molecule has 0 aliphatic heterocycles. The van der Waals surface area contributed by atoms with Gasteiger partial charge in [-0.25, -0.2) is 0 Å². The maximum atomic E-state index is 12.5. The van der Waals surface area contributed by atoms with Crippen molar-refractivity contribution in [1.82, 2.24) is 4.90 Å². The van der Waals surface area contributed by atoms with Crippen molar-refractivity contribution in [2.75, 3.05) is 20.3 Å². The van der Waals surface area contributed by atoms with Gasteiger partial charge in [0.05, 0.1) is 13.5 Å². The Morgan fingerprint density at radius 1 is 1.04 bits per heavy atom. The minimum atomic E-state index is -0.363. The summed E-state index contributed by atoms with van der Waals surface area (Å²) in [5, 5.41) is 0.628. The lowest BCUT2D eigenvalue weighted by molar-refractivity contribution is -0.142. The summed E-state index contributed by atoms with van der Waals surface area (Å²) < 4.78 is 10.2. The molecule has 0 spiro atoms.